The Morgan fingerprint density at radius 1 is 1.60 bits per heavy atom. The monoisotopic (exact) mass is 227 g/mol. The van der Waals surface area contributed by atoms with Crippen molar-refractivity contribution in [3.05, 3.63) is 18.0 Å². The fourth-order valence-corrected chi connectivity index (χ4v) is 2.41. The first-order valence-electron chi connectivity index (χ1n) is 5.55. The molecule has 1 fully saturated rings. The first-order valence-corrected chi connectivity index (χ1v) is 6.08. The van der Waals surface area contributed by atoms with Crippen molar-refractivity contribution in [2.24, 2.45) is 13.0 Å². The number of halogens is 1. The van der Waals surface area contributed by atoms with Crippen LogP contribution in [0.25, 0.3) is 0 Å². The topological polar surface area (TPSA) is 21.1 Å². The lowest BCUT2D eigenvalue weighted by Crippen LogP contribution is -2.24. The number of nitrogens with zero attached hydrogens (tertiary/aromatic N) is 3. The van der Waals surface area contributed by atoms with Crippen LogP contribution in [0.3, 0.4) is 0 Å². The van der Waals surface area contributed by atoms with Gasteiger partial charge in [-0.05, 0) is 24.9 Å². The second-order valence-electron chi connectivity index (χ2n) is 4.31. The van der Waals surface area contributed by atoms with Gasteiger partial charge >= 0.3 is 0 Å². The van der Waals surface area contributed by atoms with E-state index in [1.54, 1.807) is 0 Å². The molecule has 1 unspecified atom stereocenters. The summed E-state index contributed by atoms with van der Waals surface area (Å²) in [4.78, 5) is 2.50. The molecule has 0 amide bonds. The lowest BCUT2D eigenvalue weighted by molar-refractivity contribution is 0.330. The third-order valence-corrected chi connectivity index (χ3v) is 3.63. The molecule has 4 heteroatoms. The van der Waals surface area contributed by atoms with E-state index in [1.165, 1.54) is 25.2 Å². The maximum atomic E-state index is 5.86. The van der Waals surface area contributed by atoms with Gasteiger partial charge in [0.2, 0.25) is 0 Å². The minimum Gasteiger partial charge on any atom is -0.303 e. The first kappa shape index (κ1) is 11.0. The fourth-order valence-electron chi connectivity index (χ4n) is 2.16. The molecule has 0 saturated carbocycles. The number of hydrogen-bond donors (Lipinski definition) is 0. The highest BCUT2D eigenvalue weighted by molar-refractivity contribution is 6.18. The summed E-state index contributed by atoms with van der Waals surface area (Å²) < 4.78 is 1.95. The van der Waals surface area contributed by atoms with Gasteiger partial charge in [0, 0.05) is 44.3 Å². The first-order chi connectivity index (χ1) is 7.29. The minimum atomic E-state index is 0.707. The average molecular weight is 228 g/mol. The van der Waals surface area contributed by atoms with Crippen LogP contribution in [0.5, 0.6) is 0 Å². The van der Waals surface area contributed by atoms with Crippen LogP contribution in [0.4, 0.5) is 0 Å². The average Bonchev–Trinajstić information content (AvgIpc) is 2.84. The van der Waals surface area contributed by atoms with Crippen LogP contribution in [0.15, 0.2) is 12.3 Å². The van der Waals surface area contributed by atoms with Crippen LogP contribution in [0.1, 0.15) is 12.1 Å². The van der Waals surface area contributed by atoms with Gasteiger partial charge in [-0.15, -0.1) is 11.6 Å². The molecule has 1 atom stereocenters. The summed E-state index contributed by atoms with van der Waals surface area (Å²) >= 11 is 5.86. The van der Waals surface area contributed by atoms with Crippen LogP contribution < -0.4 is 0 Å². The van der Waals surface area contributed by atoms with Crippen LogP contribution in [-0.4, -0.2) is 40.2 Å². The van der Waals surface area contributed by atoms with Gasteiger partial charge in [0.15, 0.2) is 0 Å². The van der Waals surface area contributed by atoms with Crippen LogP contribution in [0, 0.1) is 5.92 Å². The number of hydrogen-bond acceptors (Lipinski definition) is 2. The fraction of sp³-hybridized carbons (Fsp3) is 0.727. The van der Waals surface area contributed by atoms with Crippen LogP contribution in [0.2, 0.25) is 0 Å². The highest BCUT2D eigenvalue weighted by Gasteiger charge is 2.21. The Morgan fingerprint density at radius 3 is 3.07 bits per heavy atom. The Morgan fingerprint density at radius 2 is 2.47 bits per heavy atom. The number of rotatable bonds is 4. The Bertz CT molecular complexity index is 311. The lowest BCUT2D eigenvalue weighted by atomic mass is 10.2. The minimum absolute atomic E-state index is 0.707. The van der Waals surface area contributed by atoms with E-state index in [4.69, 9.17) is 11.6 Å². The summed E-state index contributed by atoms with van der Waals surface area (Å²) in [5, 5.41) is 4.17. The number of aryl methyl sites for hydroxylation is 1. The molecule has 2 rings (SSSR count). The van der Waals surface area contributed by atoms with Crippen LogP contribution in [-0.2, 0) is 13.5 Å². The van der Waals surface area contributed by atoms with Crippen molar-refractivity contribution in [3.63, 3.8) is 0 Å². The molecule has 1 aromatic heterocycles. The van der Waals surface area contributed by atoms with Gasteiger partial charge in [-0.25, -0.2) is 0 Å². The van der Waals surface area contributed by atoms with Crippen molar-refractivity contribution in [3.8, 4) is 0 Å². The quantitative estimate of drug-likeness (QED) is 0.728. The molecule has 1 aliphatic heterocycles. The molecular weight excluding hydrogens is 210 g/mol. The van der Waals surface area contributed by atoms with E-state index in [0.717, 1.165) is 18.8 Å². The second kappa shape index (κ2) is 4.99. The third kappa shape index (κ3) is 2.73. The molecule has 15 heavy (non-hydrogen) atoms. The predicted octanol–water partition coefficient (Wildman–Crippen LogP) is 1.52. The Kier molecular flexibility index (Phi) is 3.65. The molecule has 1 aromatic rings. The molecule has 1 saturated heterocycles. The van der Waals surface area contributed by atoms with Gasteiger partial charge in [0.25, 0.3) is 0 Å². The Hall–Kier alpha value is -0.540. The Balaban J connectivity index is 1.77. The normalized spacial score (nSPS) is 22.4. The summed E-state index contributed by atoms with van der Waals surface area (Å²) in [6.45, 7) is 3.50. The number of alkyl halides is 1. The van der Waals surface area contributed by atoms with Gasteiger partial charge < -0.3 is 4.90 Å². The molecule has 0 N–H and O–H groups in total. The van der Waals surface area contributed by atoms with Gasteiger partial charge in [-0.2, -0.15) is 5.10 Å². The van der Waals surface area contributed by atoms with E-state index >= 15 is 0 Å². The van der Waals surface area contributed by atoms with Crippen molar-refractivity contribution in [2.45, 2.75) is 12.8 Å². The SMILES string of the molecule is Cn1nccc1CCN1CCC(CCl)C1. The zero-order valence-electron chi connectivity index (χ0n) is 9.19. The predicted molar refractivity (Wildman–Crippen MR) is 62.2 cm³/mol. The number of likely N-dealkylation sites (tertiary alicyclic amines) is 1. The molecule has 84 valence electrons. The van der Waals surface area contributed by atoms with E-state index in [2.05, 4.69) is 16.1 Å². The van der Waals surface area contributed by atoms with Gasteiger partial charge in [-0.1, -0.05) is 0 Å². The largest absolute Gasteiger partial charge is 0.303 e. The molecule has 0 spiro atoms. The maximum absolute atomic E-state index is 5.86. The molecule has 0 aromatic carbocycles. The smallest absolute Gasteiger partial charge is 0.0492 e. The summed E-state index contributed by atoms with van der Waals surface area (Å²) in [6, 6.07) is 2.09. The molecule has 1 aliphatic rings. The summed E-state index contributed by atoms with van der Waals surface area (Å²) in [5.74, 6) is 1.51. The van der Waals surface area contributed by atoms with Crippen molar-refractivity contribution >= 4 is 11.6 Å². The molecular formula is C11H18ClN3. The van der Waals surface area contributed by atoms with Crippen molar-refractivity contribution in [1.29, 1.82) is 0 Å². The second-order valence-corrected chi connectivity index (χ2v) is 4.61. The zero-order valence-corrected chi connectivity index (χ0v) is 9.95. The Labute approximate surface area is 96.0 Å². The van der Waals surface area contributed by atoms with Crippen molar-refractivity contribution < 1.29 is 0 Å². The molecule has 3 nitrogen and oxygen atoms in total. The zero-order chi connectivity index (χ0) is 10.7. The standard InChI is InChI=1S/C11H18ClN3/c1-14-11(2-5-13-14)4-7-15-6-3-10(8-12)9-15/h2,5,10H,3-4,6-9H2,1H3. The van der Waals surface area contributed by atoms with E-state index in [1.807, 2.05) is 17.9 Å². The van der Waals surface area contributed by atoms with E-state index in [0.29, 0.717) is 5.92 Å². The molecule has 0 aliphatic carbocycles. The van der Waals surface area contributed by atoms with Crippen molar-refractivity contribution in [1.82, 2.24) is 14.7 Å². The summed E-state index contributed by atoms with van der Waals surface area (Å²) in [6.07, 6.45) is 4.21. The molecule has 2 heterocycles. The third-order valence-electron chi connectivity index (χ3n) is 3.19. The van der Waals surface area contributed by atoms with Gasteiger partial charge in [-0.3, -0.25) is 4.68 Å². The van der Waals surface area contributed by atoms with Gasteiger partial charge in [0.05, 0.1) is 0 Å². The van der Waals surface area contributed by atoms with Crippen molar-refractivity contribution in [2.75, 3.05) is 25.5 Å². The van der Waals surface area contributed by atoms with Gasteiger partial charge in [0.1, 0.15) is 0 Å². The molecule has 0 bridgehead atoms. The van der Waals surface area contributed by atoms with E-state index in [9.17, 15) is 0 Å². The maximum Gasteiger partial charge on any atom is 0.0492 e. The van der Waals surface area contributed by atoms with E-state index in [-0.39, 0.29) is 0 Å². The summed E-state index contributed by atoms with van der Waals surface area (Å²) in [7, 11) is 2.00. The molecule has 0 radical (unpaired) electrons. The number of aromatic nitrogens is 2. The lowest BCUT2D eigenvalue weighted by Gasteiger charge is -2.15. The summed E-state index contributed by atoms with van der Waals surface area (Å²) in [5.41, 5.74) is 1.31. The highest BCUT2D eigenvalue weighted by atomic mass is 35.5. The van der Waals surface area contributed by atoms with E-state index < -0.39 is 0 Å². The highest BCUT2D eigenvalue weighted by Crippen LogP contribution is 2.17. The van der Waals surface area contributed by atoms with Crippen LogP contribution >= 0.6 is 11.6 Å².